The molecule has 4 heteroatoms. The predicted octanol–water partition coefficient (Wildman–Crippen LogP) is 3.78. The van der Waals surface area contributed by atoms with Crippen molar-refractivity contribution in [2.24, 2.45) is 5.41 Å². The lowest BCUT2D eigenvalue weighted by atomic mass is 9.87. The average molecular weight is 212 g/mol. The van der Waals surface area contributed by atoms with Crippen molar-refractivity contribution < 1.29 is 17.9 Å². The van der Waals surface area contributed by atoms with Gasteiger partial charge in [-0.3, -0.25) is 0 Å². The Morgan fingerprint density at radius 1 is 1.14 bits per heavy atom. The summed E-state index contributed by atoms with van der Waals surface area (Å²) in [5, 5.41) is 0. The molecule has 0 N–H and O–H groups in total. The van der Waals surface area contributed by atoms with Gasteiger partial charge in [-0.2, -0.15) is 13.2 Å². The quantitative estimate of drug-likeness (QED) is 0.630. The second-order valence-electron chi connectivity index (χ2n) is 4.40. The van der Waals surface area contributed by atoms with Gasteiger partial charge in [0, 0.05) is 6.61 Å². The molecule has 0 amide bonds. The standard InChI is InChI=1S/C10H19F3O/c1-8(2)14-7-5-6-9(3,4)10(11,12)13/h8H,5-7H2,1-4H3. The lowest BCUT2D eigenvalue weighted by Gasteiger charge is -2.27. The van der Waals surface area contributed by atoms with E-state index in [0.29, 0.717) is 13.0 Å². The van der Waals surface area contributed by atoms with E-state index in [-0.39, 0.29) is 12.5 Å². The zero-order valence-corrected chi connectivity index (χ0v) is 9.24. The van der Waals surface area contributed by atoms with Crippen molar-refractivity contribution in [3.8, 4) is 0 Å². The zero-order chi connectivity index (χ0) is 11.4. The summed E-state index contributed by atoms with van der Waals surface area (Å²) >= 11 is 0. The highest BCUT2D eigenvalue weighted by Crippen LogP contribution is 2.40. The maximum absolute atomic E-state index is 12.4. The van der Waals surface area contributed by atoms with Crippen LogP contribution in [0.5, 0.6) is 0 Å². The fraction of sp³-hybridized carbons (Fsp3) is 1.00. The molecule has 0 heterocycles. The maximum Gasteiger partial charge on any atom is 0.393 e. The second kappa shape index (κ2) is 5.01. The van der Waals surface area contributed by atoms with E-state index in [2.05, 4.69) is 0 Å². The summed E-state index contributed by atoms with van der Waals surface area (Å²) in [6.45, 7) is 6.59. The van der Waals surface area contributed by atoms with E-state index in [9.17, 15) is 13.2 Å². The van der Waals surface area contributed by atoms with Gasteiger partial charge in [-0.05, 0) is 26.7 Å². The number of alkyl halides is 3. The van der Waals surface area contributed by atoms with Gasteiger partial charge >= 0.3 is 6.18 Å². The summed E-state index contributed by atoms with van der Waals surface area (Å²) in [5.74, 6) is 0. The molecule has 0 atom stereocenters. The molecule has 0 saturated carbocycles. The van der Waals surface area contributed by atoms with Crippen molar-refractivity contribution in [1.82, 2.24) is 0 Å². The molecule has 0 radical (unpaired) electrons. The molecule has 0 saturated heterocycles. The fourth-order valence-corrected chi connectivity index (χ4v) is 0.975. The van der Waals surface area contributed by atoms with Crippen molar-refractivity contribution in [2.75, 3.05) is 6.61 Å². The van der Waals surface area contributed by atoms with E-state index in [0.717, 1.165) is 0 Å². The first-order valence-electron chi connectivity index (χ1n) is 4.85. The molecular weight excluding hydrogens is 193 g/mol. The van der Waals surface area contributed by atoms with E-state index in [1.165, 1.54) is 13.8 Å². The van der Waals surface area contributed by atoms with Crippen LogP contribution in [-0.4, -0.2) is 18.9 Å². The Kier molecular flexibility index (Phi) is 4.92. The minimum Gasteiger partial charge on any atom is -0.379 e. The molecule has 0 spiro atoms. The highest BCUT2D eigenvalue weighted by Gasteiger charge is 2.46. The topological polar surface area (TPSA) is 9.23 Å². The van der Waals surface area contributed by atoms with Gasteiger partial charge < -0.3 is 4.74 Å². The third-order valence-corrected chi connectivity index (χ3v) is 2.16. The molecule has 0 rings (SSSR count). The highest BCUT2D eigenvalue weighted by atomic mass is 19.4. The van der Waals surface area contributed by atoms with Gasteiger partial charge in [0.2, 0.25) is 0 Å². The predicted molar refractivity (Wildman–Crippen MR) is 50.2 cm³/mol. The van der Waals surface area contributed by atoms with Crippen LogP contribution < -0.4 is 0 Å². The van der Waals surface area contributed by atoms with Gasteiger partial charge in [0.05, 0.1) is 11.5 Å². The Hall–Kier alpha value is -0.250. The summed E-state index contributed by atoms with van der Waals surface area (Å²) in [6, 6.07) is 0. The summed E-state index contributed by atoms with van der Waals surface area (Å²) in [4.78, 5) is 0. The number of ether oxygens (including phenoxy) is 1. The Morgan fingerprint density at radius 2 is 1.64 bits per heavy atom. The summed E-state index contributed by atoms with van der Waals surface area (Å²) in [5.41, 5.74) is -1.60. The minimum absolute atomic E-state index is 0.0870. The molecule has 0 unspecified atom stereocenters. The van der Waals surface area contributed by atoms with E-state index in [1.54, 1.807) is 0 Å². The summed E-state index contributed by atoms with van der Waals surface area (Å²) < 4.78 is 42.3. The second-order valence-corrected chi connectivity index (χ2v) is 4.40. The number of halogens is 3. The molecule has 0 bridgehead atoms. The van der Waals surface area contributed by atoms with E-state index >= 15 is 0 Å². The highest BCUT2D eigenvalue weighted by molar-refractivity contribution is 4.76. The van der Waals surface area contributed by atoms with Crippen LogP contribution in [-0.2, 0) is 4.74 Å². The lowest BCUT2D eigenvalue weighted by Crippen LogP contribution is -2.32. The molecular formula is C10H19F3O. The van der Waals surface area contributed by atoms with Crippen LogP contribution in [0.1, 0.15) is 40.5 Å². The van der Waals surface area contributed by atoms with Crippen LogP contribution in [0.15, 0.2) is 0 Å². The first kappa shape index (κ1) is 13.8. The van der Waals surface area contributed by atoms with Gasteiger partial charge in [0.25, 0.3) is 0 Å². The van der Waals surface area contributed by atoms with Crippen molar-refractivity contribution in [1.29, 1.82) is 0 Å². The van der Waals surface area contributed by atoms with Crippen LogP contribution in [0.2, 0.25) is 0 Å². The molecule has 0 aromatic carbocycles. The Bertz CT molecular complexity index is 161. The third-order valence-electron chi connectivity index (χ3n) is 2.16. The lowest BCUT2D eigenvalue weighted by molar-refractivity contribution is -0.214. The Balaban J connectivity index is 3.78. The van der Waals surface area contributed by atoms with Gasteiger partial charge in [-0.15, -0.1) is 0 Å². The van der Waals surface area contributed by atoms with Gasteiger partial charge in [-0.1, -0.05) is 13.8 Å². The summed E-state index contributed by atoms with van der Waals surface area (Å²) in [6.07, 6.45) is -3.47. The molecule has 0 aliphatic carbocycles. The molecule has 0 aromatic rings. The van der Waals surface area contributed by atoms with Gasteiger partial charge in [0.1, 0.15) is 0 Å². The van der Waals surface area contributed by atoms with Crippen LogP contribution >= 0.6 is 0 Å². The van der Waals surface area contributed by atoms with Crippen LogP contribution in [0.3, 0.4) is 0 Å². The Morgan fingerprint density at radius 3 is 2.00 bits per heavy atom. The largest absolute Gasteiger partial charge is 0.393 e. The monoisotopic (exact) mass is 212 g/mol. The third kappa shape index (κ3) is 4.84. The summed E-state index contributed by atoms with van der Waals surface area (Å²) in [7, 11) is 0. The van der Waals surface area contributed by atoms with Crippen LogP contribution in [0.4, 0.5) is 13.2 Å². The maximum atomic E-state index is 12.4. The van der Waals surface area contributed by atoms with Gasteiger partial charge in [-0.25, -0.2) is 0 Å². The normalized spacial score (nSPS) is 13.7. The van der Waals surface area contributed by atoms with E-state index in [1.807, 2.05) is 13.8 Å². The molecule has 14 heavy (non-hydrogen) atoms. The molecule has 86 valence electrons. The van der Waals surface area contributed by atoms with Crippen LogP contribution in [0.25, 0.3) is 0 Å². The van der Waals surface area contributed by atoms with E-state index < -0.39 is 11.6 Å². The smallest absolute Gasteiger partial charge is 0.379 e. The molecule has 1 nitrogen and oxygen atoms in total. The molecule has 0 fully saturated rings. The van der Waals surface area contributed by atoms with Crippen LogP contribution in [0, 0.1) is 5.41 Å². The van der Waals surface area contributed by atoms with Crippen molar-refractivity contribution in [3.05, 3.63) is 0 Å². The minimum atomic E-state index is -4.12. The number of hydrogen-bond acceptors (Lipinski definition) is 1. The SMILES string of the molecule is CC(C)OCCCC(C)(C)C(F)(F)F. The first-order valence-corrected chi connectivity index (χ1v) is 4.85. The van der Waals surface area contributed by atoms with Crippen molar-refractivity contribution >= 4 is 0 Å². The number of rotatable bonds is 5. The average Bonchev–Trinajstić information content (AvgIpc) is 1.95. The zero-order valence-electron chi connectivity index (χ0n) is 9.24. The number of hydrogen-bond donors (Lipinski definition) is 0. The molecule has 0 aliphatic rings. The Labute approximate surface area is 83.6 Å². The van der Waals surface area contributed by atoms with Crippen molar-refractivity contribution in [2.45, 2.75) is 52.8 Å². The first-order chi connectivity index (χ1) is 6.17. The molecule has 0 aromatic heterocycles. The molecule has 0 aliphatic heterocycles. The van der Waals surface area contributed by atoms with E-state index in [4.69, 9.17) is 4.74 Å². The van der Waals surface area contributed by atoms with Gasteiger partial charge in [0.15, 0.2) is 0 Å². The van der Waals surface area contributed by atoms with Crippen molar-refractivity contribution in [3.63, 3.8) is 0 Å². The fourth-order valence-electron chi connectivity index (χ4n) is 0.975.